The minimum atomic E-state index is -5.41. The molecular weight excluding hydrogens is 1210 g/mol. The van der Waals surface area contributed by atoms with E-state index in [9.17, 15) is 31.5 Å². The third-order valence-electron chi connectivity index (χ3n) is 8.75. The normalized spacial score (nSPS) is 24.5. The summed E-state index contributed by atoms with van der Waals surface area (Å²) in [4.78, 5) is 28.5. The molecule has 0 aliphatic heterocycles. The molecule has 266 valence electrons. The minimum Gasteiger partial charge on any atom is -0.446 e. The highest BCUT2D eigenvalue weighted by molar-refractivity contribution is 14.1. The quantitative estimate of drug-likeness (QED) is 0.0793. The van der Waals surface area contributed by atoms with Gasteiger partial charge >= 0.3 is 39.3 Å². The van der Waals surface area contributed by atoms with Gasteiger partial charge in [0.1, 0.15) is 0 Å². The molecule has 0 aromatic heterocycles. The van der Waals surface area contributed by atoms with Gasteiger partial charge in [-0.15, -0.1) is 0 Å². The lowest BCUT2D eigenvalue weighted by Crippen LogP contribution is -3.61. The summed E-state index contributed by atoms with van der Waals surface area (Å²) < 4.78 is 82.9. The van der Waals surface area contributed by atoms with Crippen LogP contribution in [0.5, 0.6) is 5.75 Å². The molecule has 3 aromatic carbocycles. The van der Waals surface area contributed by atoms with Crippen LogP contribution in [0.1, 0.15) is 45.4 Å². The Morgan fingerprint density at radius 1 is 0.776 bits per heavy atom. The van der Waals surface area contributed by atoms with Crippen LogP contribution in [0.15, 0.2) is 72.8 Å². The Morgan fingerprint density at radius 2 is 1.20 bits per heavy atom. The van der Waals surface area contributed by atoms with E-state index in [1.807, 2.05) is 17.1 Å². The van der Waals surface area contributed by atoms with Crippen molar-refractivity contribution in [3.63, 3.8) is 0 Å². The Hall–Kier alpha value is -0.100. The molecule has 14 heteroatoms. The Labute approximate surface area is 348 Å². The van der Waals surface area contributed by atoms with E-state index in [4.69, 9.17) is 4.74 Å². The van der Waals surface area contributed by atoms with Crippen molar-refractivity contribution >= 4 is 102 Å². The molecule has 4 aliphatic rings. The van der Waals surface area contributed by atoms with E-state index in [-0.39, 0.29) is 59.2 Å². The van der Waals surface area contributed by atoms with E-state index >= 15 is 0 Å². The van der Waals surface area contributed by atoms with Crippen molar-refractivity contribution in [3.8, 4) is 5.75 Å². The maximum Gasteiger partial charge on any atom is 0.431 e. The molecule has 0 amide bonds. The number of alkyl halides is 6. The molecule has 0 heterocycles. The lowest BCUT2D eigenvalue weighted by atomic mass is 9.44. The average Bonchev–Trinajstić information content (AvgIpc) is 3.02. The van der Waals surface area contributed by atoms with E-state index in [0.717, 1.165) is 17.1 Å². The molecule has 0 N–H and O–H groups in total. The van der Waals surface area contributed by atoms with Crippen LogP contribution < -0.4 is 25.9 Å². The zero-order valence-corrected chi connectivity index (χ0v) is 37.1. The molecule has 4 fully saturated rings. The van der Waals surface area contributed by atoms with E-state index < -0.39 is 41.0 Å². The number of carbonyl (C=O) groups is 2. The summed E-state index contributed by atoms with van der Waals surface area (Å²) in [7, 11) is 0. The number of benzene rings is 3. The Morgan fingerprint density at radius 3 is 1.61 bits per heavy atom. The van der Waals surface area contributed by atoms with E-state index in [1.54, 1.807) is 0 Å². The smallest absolute Gasteiger partial charge is 0.431 e. The van der Waals surface area contributed by atoms with Crippen molar-refractivity contribution in [3.05, 3.63) is 90.6 Å². The maximum absolute atomic E-state index is 13.7. The Kier molecular flexibility index (Phi) is 14.8. The van der Waals surface area contributed by atoms with Crippen LogP contribution in [0.25, 0.3) is 0 Å². The molecule has 7 rings (SSSR count). The number of halogens is 10. The van der Waals surface area contributed by atoms with Gasteiger partial charge in [-0.1, -0.05) is 59.0 Å². The van der Waals surface area contributed by atoms with Gasteiger partial charge in [-0.2, -0.15) is 13.2 Å². The Balaban J connectivity index is 0.000000299. The summed E-state index contributed by atoms with van der Waals surface area (Å²) in [5, 5.41) is 0. The first kappa shape index (κ1) is 41.7. The van der Waals surface area contributed by atoms with Crippen LogP contribution in [0, 0.1) is 40.5 Å². The molecule has 4 nitrogen and oxygen atoms in total. The number of ether oxygens (including phenoxy) is 2. The summed E-state index contributed by atoms with van der Waals surface area (Å²) in [6.45, 7) is 0.0846. The van der Waals surface area contributed by atoms with Gasteiger partial charge in [0.25, 0.3) is 12.0 Å². The van der Waals surface area contributed by atoms with Gasteiger partial charge in [0.15, 0.2) is 12.9 Å². The highest BCUT2D eigenvalue weighted by Crippen LogP contribution is 2.66. The second kappa shape index (κ2) is 17.4. The number of hydrogen-bond acceptors (Lipinski definition) is 4. The zero-order chi connectivity index (χ0) is 36.2. The average molecular weight is 1250 g/mol. The largest absolute Gasteiger partial charge is 0.446 e. The lowest BCUT2D eigenvalue weighted by Gasteiger charge is -2.59. The SMILES string of the molecule is CC(F)(F)C(OC(=O)C12CC3CC(CC(C(=O)Oc4c(I)cc(I)cc4I)(C3)C1)C2)C(F)(F)F.CI.c1ccc([I+]c2ccccc2)cc1. The highest BCUT2D eigenvalue weighted by atomic mass is 127. The predicted octanol–water partition coefficient (Wildman–Crippen LogP) is 7.99. The van der Waals surface area contributed by atoms with E-state index in [2.05, 4.69) is 156 Å². The fraction of sp³-hybridized carbons (Fsp3) is 0.429. The summed E-state index contributed by atoms with van der Waals surface area (Å²) in [5.41, 5.74) is -2.45. The monoisotopic (exact) mass is 1250 g/mol. The summed E-state index contributed by atoms with van der Waals surface area (Å²) in [6.07, 6.45) is -6.87. The van der Waals surface area contributed by atoms with Crippen LogP contribution in [0.4, 0.5) is 22.0 Å². The second-order valence-electron chi connectivity index (χ2n) is 12.6. The summed E-state index contributed by atoms with van der Waals surface area (Å²) >= 11 is 8.46. The minimum absolute atomic E-state index is 0.0287. The molecule has 0 radical (unpaired) electrons. The second-order valence-corrected chi connectivity index (χ2v) is 19.2. The standard InChI is InChI=1S/C22H20F5I3O4.C12H10I.CH3I/c1-19(23,24)16(22(25,26)27)34-18(32)21-7-10-2-11(8-21)6-20(5-10,9-21)17(31)33-15-13(29)3-12(28)4-14(15)30;1-3-7-11(8-4-1)13-12-9-5-2-6-10-12;1-2/h3-4,10-11,16H,2,5-9H2,1H3;1-10H;1H3/q;+1;. The molecule has 49 heavy (non-hydrogen) atoms. The molecule has 4 bridgehead atoms. The number of esters is 2. The molecule has 4 saturated carbocycles. The van der Waals surface area contributed by atoms with Crippen LogP contribution in [-0.4, -0.2) is 35.1 Å². The van der Waals surface area contributed by atoms with Crippen LogP contribution in [0.2, 0.25) is 0 Å². The fourth-order valence-electron chi connectivity index (χ4n) is 7.34. The van der Waals surface area contributed by atoms with Gasteiger partial charge < -0.3 is 9.47 Å². The first-order chi connectivity index (χ1) is 23.0. The topological polar surface area (TPSA) is 52.6 Å². The third kappa shape index (κ3) is 10.5. The van der Waals surface area contributed by atoms with Crippen LogP contribution in [-0.2, 0) is 14.3 Å². The molecule has 3 atom stereocenters. The van der Waals surface area contributed by atoms with Crippen molar-refractivity contribution in [1.82, 2.24) is 0 Å². The van der Waals surface area contributed by atoms with Gasteiger partial charge in [-0.25, -0.2) is 8.78 Å². The van der Waals surface area contributed by atoms with Crippen molar-refractivity contribution in [2.45, 2.75) is 63.7 Å². The van der Waals surface area contributed by atoms with Crippen molar-refractivity contribution in [2.24, 2.45) is 22.7 Å². The number of carbonyl (C=O) groups excluding carboxylic acids is 2. The first-order valence-corrected chi connectivity index (χ1v) is 22.7. The van der Waals surface area contributed by atoms with Gasteiger partial charge in [-0.05, 0) is 159 Å². The molecule has 3 aromatic rings. The van der Waals surface area contributed by atoms with Crippen LogP contribution >= 0.6 is 90.4 Å². The summed E-state index contributed by atoms with van der Waals surface area (Å²) in [6, 6.07) is 25.1. The molecular formula is C35H33F5I5O4+. The van der Waals surface area contributed by atoms with Gasteiger partial charge in [0.05, 0.1) is 18.0 Å². The molecule has 0 spiro atoms. The number of hydrogen-bond donors (Lipinski definition) is 0. The van der Waals surface area contributed by atoms with Gasteiger partial charge in [-0.3, -0.25) is 9.59 Å². The lowest BCUT2D eigenvalue weighted by molar-refractivity contribution is -0.597. The van der Waals surface area contributed by atoms with Crippen LogP contribution in [0.3, 0.4) is 0 Å². The fourth-order valence-corrected chi connectivity index (χ4v) is 13.4. The first-order valence-electron chi connectivity index (χ1n) is 15.1. The zero-order valence-electron chi connectivity index (χ0n) is 26.3. The van der Waals surface area contributed by atoms with Crippen molar-refractivity contribution < 1.29 is 62.2 Å². The molecule has 3 unspecified atom stereocenters. The summed E-state index contributed by atoms with van der Waals surface area (Å²) in [5.74, 6) is -5.86. The predicted molar refractivity (Wildman–Crippen MR) is 207 cm³/mol. The van der Waals surface area contributed by atoms with Gasteiger partial charge in [0.2, 0.25) is 0 Å². The Bertz CT molecular complexity index is 1510. The number of rotatable bonds is 7. The highest BCUT2D eigenvalue weighted by Gasteiger charge is 2.66. The molecule has 0 saturated heterocycles. The third-order valence-corrected chi connectivity index (χ3v) is 13.7. The maximum atomic E-state index is 13.7. The van der Waals surface area contributed by atoms with Crippen molar-refractivity contribution in [2.75, 3.05) is 4.93 Å². The van der Waals surface area contributed by atoms with Gasteiger partial charge in [0, 0.05) is 10.5 Å². The molecule has 4 aliphatic carbocycles. The van der Waals surface area contributed by atoms with E-state index in [1.165, 1.54) is 7.14 Å². The van der Waals surface area contributed by atoms with E-state index in [0.29, 0.717) is 18.6 Å². The van der Waals surface area contributed by atoms with Crippen molar-refractivity contribution in [1.29, 1.82) is 0 Å².